The first kappa shape index (κ1) is 22.2. The third-order valence-electron chi connectivity index (χ3n) is 8.55. The van der Waals surface area contributed by atoms with Gasteiger partial charge in [0.1, 0.15) is 11.4 Å². The highest BCUT2D eigenvalue weighted by molar-refractivity contribution is 7.19. The number of benzene rings is 2. The third-order valence-corrected chi connectivity index (χ3v) is 9.74. The van der Waals surface area contributed by atoms with E-state index in [1.54, 1.807) is 0 Å². The van der Waals surface area contributed by atoms with Gasteiger partial charge in [-0.1, -0.05) is 18.2 Å². The summed E-state index contributed by atoms with van der Waals surface area (Å²) in [6.45, 7) is 8.73. The van der Waals surface area contributed by atoms with Crippen molar-refractivity contribution in [2.75, 3.05) is 19.6 Å². The minimum Gasteiger partial charge on any atom is -0.342 e. The lowest BCUT2D eigenvalue weighted by Gasteiger charge is -2.41. The maximum Gasteiger partial charge on any atom is 0.256 e. The van der Waals surface area contributed by atoms with Crippen molar-refractivity contribution in [1.82, 2.24) is 9.80 Å². The van der Waals surface area contributed by atoms with Crippen LogP contribution in [0.25, 0.3) is 21.2 Å². The Balaban J connectivity index is 1.15. The van der Waals surface area contributed by atoms with Crippen LogP contribution in [0.2, 0.25) is 0 Å². The van der Waals surface area contributed by atoms with Crippen molar-refractivity contribution in [3.05, 3.63) is 58.0 Å². The Labute approximate surface area is 215 Å². The first-order chi connectivity index (χ1) is 17.3. The summed E-state index contributed by atoms with van der Waals surface area (Å²) >= 11 is 1.85. The van der Waals surface area contributed by atoms with Crippen molar-refractivity contribution in [2.45, 2.75) is 52.0 Å². The van der Waals surface area contributed by atoms with Crippen molar-refractivity contribution in [2.24, 2.45) is 16.8 Å². The zero-order chi connectivity index (χ0) is 24.8. The van der Waals surface area contributed by atoms with E-state index >= 15 is 0 Å². The van der Waals surface area contributed by atoms with Crippen molar-refractivity contribution >= 4 is 39.1 Å². The van der Waals surface area contributed by atoms with Crippen LogP contribution < -0.4 is 0 Å². The summed E-state index contributed by atoms with van der Waals surface area (Å²) in [6.07, 6.45) is 3.78. The summed E-state index contributed by atoms with van der Waals surface area (Å²) in [4.78, 5) is 35.9. The second kappa shape index (κ2) is 7.75. The standard InChI is InChI=1S/C30H31N3O2S/c1-17-12-23(6-8-24(17)22-7-9-26-25(13-22)18(2)19(3)36-26)27-31-30(10-11-30)29(35)33(27)16-20-14-32(15-20)28(34)21-4-5-21/h6-9,12-13,20-21H,4-5,10-11,14-16H2,1-3H3. The van der Waals surface area contributed by atoms with Crippen LogP contribution in [0.4, 0.5) is 0 Å². The van der Waals surface area contributed by atoms with E-state index < -0.39 is 5.54 Å². The van der Waals surface area contributed by atoms with Gasteiger partial charge in [0, 0.05) is 46.6 Å². The zero-order valence-corrected chi connectivity index (χ0v) is 22.0. The largest absolute Gasteiger partial charge is 0.342 e. The Morgan fingerprint density at radius 2 is 1.81 bits per heavy atom. The first-order valence-electron chi connectivity index (χ1n) is 13.1. The topological polar surface area (TPSA) is 53.0 Å². The van der Waals surface area contributed by atoms with Crippen molar-refractivity contribution in [3.8, 4) is 11.1 Å². The number of rotatable bonds is 5. The summed E-state index contributed by atoms with van der Waals surface area (Å²) in [7, 11) is 0. The zero-order valence-electron chi connectivity index (χ0n) is 21.1. The maximum absolute atomic E-state index is 13.3. The molecule has 184 valence electrons. The van der Waals surface area contributed by atoms with Gasteiger partial charge in [0.25, 0.3) is 5.91 Å². The molecule has 36 heavy (non-hydrogen) atoms. The molecule has 2 amide bonds. The van der Waals surface area contributed by atoms with Crippen LogP contribution in [0.5, 0.6) is 0 Å². The van der Waals surface area contributed by atoms with Crippen LogP contribution in [0, 0.1) is 32.6 Å². The van der Waals surface area contributed by atoms with Crippen molar-refractivity contribution in [3.63, 3.8) is 0 Å². The third kappa shape index (κ3) is 3.45. The lowest BCUT2D eigenvalue weighted by molar-refractivity contribution is -0.139. The maximum atomic E-state index is 13.3. The van der Waals surface area contributed by atoms with Gasteiger partial charge in [0.15, 0.2) is 0 Å². The number of amidine groups is 1. The van der Waals surface area contributed by atoms with Crippen LogP contribution in [-0.4, -0.2) is 52.6 Å². The SMILES string of the molecule is Cc1cc(C2=NC3(CC3)C(=O)N2CC2CN(C(=O)C3CC3)C2)ccc1-c1ccc2sc(C)c(C)c2c1. The minimum atomic E-state index is -0.519. The number of carbonyl (C=O) groups is 2. The number of aliphatic imine (C=N–C) groups is 1. The Morgan fingerprint density at radius 3 is 2.50 bits per heavy atom. The molecular formula is C30H31N3O2S. The monoisotopic (exact) mass is 497 g/mol. The smallest absolute Gasteiger partial charge is 0.256 e. The molecule has 4 aliphatic rings. The number of thiophene rings is 1. The van der Waals surface area contributed by atoms with Crippen molar-refractivity contribution < 1.29 is 9.59 Å². The van der Waals surface area contributed by atoms with Gasteiger partial charge in [-0.05, 0) is 92.3 Å². The van der Waals surface area contributed by atoms with E-state index in [0.29, 0.717) is 18.4 Å². The number of aryl methyl sites for hydroxylation is 3. The first-order valence-corrected chi connectivity index (χ1v) is 14.0. The van der Waals surface area contributed by atoms with Gasteiger partial charge in [-0.25, -0.2) is 0 Å². The predicted molar refractivity (Wildman–Crippen MR) is 144 cm³/mol. The molecule has 2 aliphatic heterocycles. The van der Waals surface area contributed by atoms with E-state index in [1.165, 1.54) is 37.2 Å². The van der Waals surface area contributed by atoms with Gasteiger partial charge < -0.3 is 4.90 Å². The summed E-state index contributed by atoms with van der Waals surface area (Å²) in [5.41, 5.74) is 5.49. The molecule has 1 saturated heterocycles. The van der Waals surface area contributed by atoms with Gasteiger partial charge >= 0.3 is 0 Å². The summed E-state index contributed by atoms with van der Waals surface area (Å²) in [5.74, 6) is 1.88. The van der Waals surface area contributed by atoms with E-state index in [1.807, 2.05) is 21.1 Å². The van der Waals surface area contributed by atoms with Crippen LogP contribution in [-0.2, 0) is 9.59 Å². The molecule has 1 aromatic heterocycles. The van der Waals surface area contributed by atoms with E-state index in [-0.39, 0.29) is 11.8 Å². The lowest BCUT2D eigenvalue weighted by atomic mass is 9.95. The Hall–Kier alpha value is -2.99. The molecule has 5 nitrogen and oxygen atoms in total. The van der Waals surface area contributed by atoms with Gasteiger partial charge in [-0.2, -0.15) is 0 Å². The number of likely N-dealkylation sites (tertiary alicyclic amines) is 1. The summed E-state index contributed by atoms with van der Waals surface area (Å²) < 4.78 is 1.33. The van der Waals surface area contributed by atoms with Crippen LogP contribution in [0.1, 0.15) is 47.3 Å². The van der Waals surface area contributed by atoms with Gasteiger partial charge in [-0.15, -0.1) is 11.3 Å². The molecule has 0 N–H and O–H groups in total. The van der Waals surface area contributed by atoms with E-state index in [2.05, 4.69) is 57.2 Å². The Bertz CT molecular complexity index is 1470. The molecule has 0 bridgehead atoms. The molecule has 2 saturated carbocycles. The van der Waals surface area contributed by atoms with Gasteiger partial charge in [0.2, 0.25) is 5.91 Å². The summed E-state index contributed by atoms with van der Waals surface area (Å²) in [5, 5.41) is 1.33. The van der Waals surface area contributed by atoms with E-state index in [4.69, 9.17) is 4.99 Å². The second-order valence-electron chi connectivity index (χ2n) is 11.3. The fraction of sp³-hybridized carbons (Fsp3) is 0.433. The molecule has 0 unspecified atom stereocenters. The fourth-order valence-electron chi connectivity index (χ4n) is 5.84. The van der Waals surface area contributed by atoms with E-state index in [9.17, 15) is 9.59 Å². The molecule has 3 fully saturated rings. The predicted octanol–water partition coefficient (Wildman–Crippen LogP) is 5.48. The molecular weight excluding hydrogens is 466 g/mol. The van der Waals surface area contributed by atoms with Crippen molar-refractivity contribution in [1.29, 1.82) is 0 Å². The average Bonchev–Trinajstić information content (AvgIpc) is 3.76. The van der Waals surface area contributed by atoms with Crippen LogP contribution in [0.3, 0.4) is 0 Å². The van der Waals surface area contributed by atoms with Gasteiger partial charge in [0.05, 0.1) is 0 Å². The molecule has 2 aliphatic carbocycles. The number of fused-ring (bicyclic) bond motifs is 1. The van der Waals surface area contributed by atoms with Crippen LogP contribution >= 0.6 is 11.3 Å². The fourth-order valence-corrected chi connectivity index (χ4v) is 6.89. The minimum absolute atomic E-state index is 0.153. The number of amides is 2. The Morgan fingerprint density at radius 1 is 1.06 bits per heavy atom. The van der Waals surface area contributed by atoms with E-state index in [0.717, 1.165) is 50.2 Å². The number of hydrogen-bond donors (Lipinski definition) is 0. The van der Waals surface area contributed by atoms with Crippen LogP contribution in [0.15, 0.2) is 41.4 Å². The quantitative estimate of drug-likeness (QED) is 0.469. The normalized spacial score (nSPS) is 20.9. The molecule has 1 spiro atoms. The molecule has 3 heterocycles. The highest BCUT2D eigenvalue weighted by atomic mass is 32.1. The highest BCUT2D eigenvalue weighted by Gasteiger charge is 2.58. The van der Waals surface area contributed by atoms with Gasteiger partial charge in [-0.3, -0.25) is 19.5 Å². The highest BCUT2D eigenvalue weighted by Crippen LogP contribution is 2.46. The molecule has 7 rings (SSSR count). The lowest BCUT2D eigenvalue weighted by Crippen LogP contribution is -2.55. The molecule has 2 aromatic carbocycles. The molecule has 0 atom stereocenters. The second-order valence-corrected chi connectivity index (χ2v) is 12.5. The average molecular weight is 498 g/mol. The number of nitrogens with zero attached hydrogens (tertiary/aromatic N) is 3. The molecule has 3 aromatic rings. The summed E-state index contributed by atoms with van der Waals surface area (Å²) in [6, 6.07) is 13.3. The number of carbonyl (C=O) groups excluding carboxylic acids is 2. The number of hydrogen-bond acceptors (Lipinski definition) is 4. The molecule has 6 heteroatoms. The molecule has 0 radical (unpaired) electrons. The Kier molecular flexibility index (Phi) is 4.79.